The molecule has 0 amide bonds. The van der Waals surface area contributed by atoms with Crippen LogP contribution < -0.4 is 10.2 Å². The Balaban J connectivity index is 2.53. The van der Waals surface area contributed by atoms with E-state index in [-0.39, 0.29) is 0 Å². The van der Waals surface area contributed by atoms with Crippen LogP contribution in [0.4, 0.5) is 5.82 Å². The quantitative estimate of drug-likeness (QED) is 0.732. The molecule has 0 aromatic carbocycles. The minimum Gasteiger partial charge on any atom is -0.355 e. The predicted molar refractivity (Wildman–Crippen MR) is 80.3 cm³/mol. The summed E-state index contributed by atoms with van der Waals surface area (Å²) in [6.07, 6.45) is 3.26. The van der Waals surface area contributed by atoms with Crippen LogP contribution in [0, 0.1) is 0 Å². The fraction of sp³-hybridized carbons (Fsp3) is 0.692. The molecule has 0 fully saturated rings. The number of aromatic nitrogens is 2. The molecule has 0 aliphatic heterocycles. The van der Waals surface area contributed by atoms with E-state index < -0.39 is 0 Å². The van der Waals surface area contributed by atoms with E-state index >= 15 is 0 Å². The molecule has 102 valence electrons. The number of anilines is 1. The lowest BCUT2D eigenvalue weighted by molar-refractivity contribution is 0.654. The third kappa shape index (κ3) is 4.82. The fourth-order valence-corrected chi connectivity index (χ4v) is 2.31. The lowest BCUT2D eigenvalue weighted by atomic mass is 10.3. The molecule has 0 saturated carbocycles. The fourth-order valence-electron chi connectivity index (χ4n) is 1.61. The zero-order valence-electron chi connectivity index (χ0n) is 11.8. The summed E-state index contributed by atoms with van der Waals surface area (Å²) < 4.78 is 0. The summed E-state index contributed by atoms with van der Waals surface area (Å²) in [5, 5.41) is 11.9. The van der Waals surface area contributed by atoms with Gasteiger partial charge >= 0.3 is 0 Å². The van der Waals surface area contributed by atoms with Gasteiger partial charge in [0.05, 0.1) is 5.69 Å². The molecular weight excluding hydrogens is 244 g/mol. The summed E-state index contributed by atoms with van der Waals surface area (Å²) >= 11 is 1.85. The van der Waals surface area contributed by atoms with Crippen molar-refractivity contribution in [2.24, 2.45) is 0 Å². The van der Waals surface area contributed by atoms with Gasteiger partial charge in [-0.25, -0.2) is 0 Å². The number of rotatable bonds is 8. The smallest absolute Gasteiger partial charge is 0.151 e. The highest BCUT2D eigenvalue weighted by Gasteiger charge is 2.10. The molecule has 0 spiro atoms. The van der Waals surface area contributed by atoms with E-state index in [1.165, 1.54) is 0 Å². The Bertz CT molecular complexity index is 328. The number of nitrogens with one attached hydrogen (secondary N) is 1. The maximum absolute atomic E-state index is 4.29. The van der Waals surface area contributed by atoms with Gasteiger partial charge in [-0.2, -0.15) is 16.9 Å². The Morgan fingerprint density at radius 3 is 2.72 bits per heavy atom. The van der Waals surface area contributed by atoms with Crippen molar-refractivity contribution in [3.8, 4) is 0 Å². The molecule has 0 saturated heterocycles. The van der Waals surface area contributed by atoms with Gasteiger partial charge in [0.15, 0.2) is 5.82 Å². The van der Waals surface area contributed by atoms with Crippen LogP contribution in [-0.2, 0) is 6.54 Å². The Kier molecular flexibility index (Phi) is 7.05. The van der Waals surface area contributed by atoms with E-state index in [4.69, 9.17) is 0 Å². The van der Waals surface area contributed by atoms with E-state index in [1.807, 2.05) is 23.9 Å². The first kappa shape index (κ1) is 15.2. The van der Waals surface area contributed by atoms with Crippen LogP contribution in [0.1, 0.15) is 26.0 Å². The van der Waals surface area contributed by atoms with E-state index in [1.54, 1.807) is 0 Å². The highest BCUT2D eigenvalue weighted by Crippen LogP contribution is 2.13. The third-order valence-corrected chi connectivity index (χ3v) is 3.68. The average Bonchev–Trinajstić information content (AvgIpc) is 2.39. The van der Waals surface area contributed by atoms with Crippen molar-refractivity contribution in [1.29, 1.82) is 0 Å². The van der Waals surface area contributed by atoms with Gasteiger partial charge in [0.2, 0.25) is 0 Å². The van der Waals surface area contributed by atoms with Crippen LogP contribution in [0.15, 0.2) is 12.1 Å². The molecule has 0 radical (unpaired) electrons. The van der Waals surface area contributed by atoms with Gasteiger partial charge in [-0.3, -0.25) is 0 Å². The molecule has 0 aliphatic rings. The highest BCUT2D eigenvalue weighted by molar-refractivity contribution is 7.98. The molecule has 18 heavy (non-hydrogen) atoms. The van der Waals surface area contributed by atoms with Gasteiger partial charge in [0.25, 0.3) is 0 Å². The second-order valence-electron chi connectivity index (χ2n) is 4.47. The normalized spacial score (nSPS) is 12.4. The first-order valence-electron chi connectivity index (χ1n) is 6.44. The Hall–Kier alpha value is -0.810. The van der Waals surface area contributed by atoms with E-state index in [9.17, 15) is 0 Å². The summed E-state index contributed by atoms with van der Waals surface area (Å²) in [6, 6.07) is 4.57. The van der Waals surface area contributed by atoms with Crippen molar-refractivity contribution in [3.05, 3.63) is 17.8 Å². The van der Waals surface area contributed by atoms with Gasteiger partial charge in [0, 0.05) is 25.4 Å². The molecule has 1 aromatic heterocycles. The largest absolute Gasteiger partial charge is 0.355 e. The summed E-state index contributed by atoms with van der Waals surface area (Å²) in [5.74, 6) is 2.04. The molecule has 5 heteroatoms. The van der Waals surface area contributed by atoms with E-state index in [2.05, 4.69) is 47.6 Å². The SMILES string of the molecule is CCCNCc1ccc(N(C)C(C)CSC)nn1. The van der Waals surface area contributed by atoms with Crippen LogP contribution in [0.25, 0.3) is 0 Å². The Morgan fingerprint density at radius 2 is 2.17 bits per heavy atom. The summed E-state index contributed by atoms with van der Waals surface area (Å²) in [5.41, 5.74) is 0.998. The van der Waals surface area contributed by atoms with E-state index in [0.717, 1.165) is 36.8 Å². The molecule has 0 bridgehead atoms. The first-order valence-corrected chi connectivity index (χ1v) is 7.83. The Labute approximate surface area is 115 Å². The number of nitrogens with zero attached hydrogens (tertiary/aromatic N) is 3. The van der Waals surface area contributed by atoms with Crippen molar-refractivity contribution in [3.63, 3.8) is 0 Å². The minimum absolute atomic E-state index is 0.471. The molecular formula is C13H24N4S. The van der Waals surface area contributed by atoms with Crippen molar-refractivity contribution >= 4 is 17.6 Å². The van der Waals surface area contributed by atoms with E-state index in [0.29, 0.717) is 6.04 Å². The number of hydrogen-bond acceptors (Lipinski definition) is 5. The zero-order valence-corrected chi connectivity index (χ0v) is 12.6. The second kappa shape index (κ2) is 8.32. The second-order valence-corrected chi connectivity index (χ2v) is 5.39. The molecule has 1 aromatic rings. The molecule has 1 heterocycles. The van der Waals surface area contributed by atoms with Gasteiger partial charge in [-0.15, -0.1) is 5.10 Å². The number of hydrogen-bond donors (Lipinski definition) is 1. The maximum atomic E-state index is 4.29. The Morgan fingerprint density at radius 1 is 1.39 bits per heavy atom. The van der Waals surface area contributed by atoms with Crippen molar-refractivity contribution in [2.45, 2.75) is 32.9 Å². The lowest BCUT2D eigenvalue weighted by Crippen LogP contribution is -2.31. The molecule has 1 unspecified atom stereocenters. The topological polar surface area (TPSA) is 41.0 Å². The molecule has 1 atom stereocenters. The van der Waals surface area contributed by atoms with Crippen LogP contribution >= 0.6 is 11.8 Å². The minimum atomic E-state index is 0.471. The van der Waals surface area contributed by atoms with Gasteiger partial charge in [-0.1, -0.05) is 6.92 Å². The average molecular weight is 268 g/mol. The summed E-state index contributed by atoms with van der Waals surface area (Å²) in [4.78, 5) is 2.17. The van der Waals surface area contributed by atoms with Crippen molar-refractivity contribution < 1.29 is 0 Å². The van der Waals surface area contributed by atoms with Crippen molar-refractivity contribution in [1.82, 2.24) is 15.5 Å². The van der Waals surface area contributed by atoms with Crippen LogP contribution in [-0.4, -0.2) is 41.8 Å². The third-order valence-electron chi connectivity index (χ3n) is 2.87. The number of thioether (sulfide) groups is 1. The van der Waals surface area contributed by atoms with Gasteiger partial charge in [0.1, 0.15) is 0 Å². The molecule has 1 rings (SSSR count). The highest BCUT2D eigenvalue weighted by atomic mass is 32.2. The molecule has 0 aliphatic carbocycles. The van der Waals surface area contributed by atoms with Gasteiger partial charge in [-0.05, 0) is 38.3 Å². The molecule has 4 nitrogen and oxygen atoms in total. The summed E-state index contributed by atoms with van der Waals surface area (Å²) in [6.45, 7) is 6.18. The molecule has 1 N–H and O–H groups in total. The monoisotopic (exact) mass is 268 g/mol. The standard InChI is InChI=1S/C13H24N4S/c1-5-8-14-9-12-6-7-13(16-15-12)17(3)11(2)10-18-4/h6-7,11,14H,5,8-10H2,1-4H3. The zero-order chi connectivity index (χ0) is 13.4. The lowest BCUT2D eigenvalue weighted by Gasteiger charge is -2.24. The van der Waals surface area contributed by atoms with Crippen LogP contribution in [0.3, 0.4) is 0 Å². The van der Waals surface area contributed by atoms with Crippen LogP contribution in [0.5, 0.6) is 0 Å². The van der Waals surface area contributed by atoms with Gasteiger partial charge < -0.3 is 10.2 Å². The first-order chi connectivity index (χ1) is 8.69. The van der Waals surface area contributed by atoms with Crippen LogP contribution in [0.2, 0.25) is 0 Å². The summed E-state index contributed by atoms with van der Waals surface area (Å²) in [7, 11) is 2.07. The predicted octanol–water partition coefficient (Wildman–Crippen LogP) is 2.16. The van der Waals surface area contributed by atoms with Crippen molar-refractivity contribution in [2.75, 3.05) is 30.5 Å². The maximum Gasteiger partial charge on any atom is 0.151 e.